The van der Waals surface area contributed by atoms with E-state index in [9.17, 15) is 4.79 Å². The van der Waals surface area contributed by atoms with Gasteiger partial charge in [-0.1, -0.05) is 12.1 Å². The van der Waals surface area contributed by atoms with Crippen LogP contribution in [0.3, 0.4) is 0 Å². The molecular formula is C15H18N2O2S. The summed E-state index contributed by atoms with van der Waals surface area (Å²) in [5, 5.41) is 12.7. The summed E-state index contributed by atoms with van der Waals surface area (Å²) in [5.74, 6) is 0.337. The number of hydrogen-bond donors (Lipinski definition) is 2. The number of nitrogens with one attached hydrogen (secondary N) is 1. The lowest BCUT2D eigenvalue weighted by molar-refractivity contribution is 0.0914. The van der Waals surface area contributed by atoms with Crippen LogP contribution in [0.15, 0.2) is 24.3 Å². The molecule has 2 N–H and O–H groups in total. The number of para-hydroxylation sites is 1. The van der Waals surface area contributed by atoms with E-state index in [1.165, 1.54) is 11.3 Å². The van der Waals surface area contributed by atoms with E-state index in [-0.39, 0.29) is 18.6 Å². The lowest BCUT2D eigenvalue weighted by Crippen LogP contribution is -2.38. The molecule has 1 fully saturated rings. The molecule has 1 aliphatic carbocycles. The van der Waals surface area contributed by atoms with Crippen LogP contribution in [-0.4, -0.2) is 28.6 Å². The van der Waals surface area contributed by atoms with Crippen molar-refractivity contribution in [2.75, 3.05) is 6.61 Å². The Morgan fingerprint density at radius 1 is 1.30 bits per heavy atom. The molecule has 0 unspecified atom stereocenters. The highest BCUT2D eigenvalue weighted by Crippen LogP contribution is 2.25. The topological polar surface area (TPSA) is 62.2 Å². The zero-order valence-corrected chi connectivity index (χ0v) is 12.0. The maximum Gasteiger partial charge on any atom is 0.280 e. The number of carbonyl (C=O) groups excluding carboxylic acids is 1. The second-order valence-corrected chi connectivity index (χ2v) is 6.39. The van der Waals surface area contributed by atoms with Crippen LogP contribution in [-0.2, 0) is 0 Å². The molecular weight excluding hydrogens is 272 g/mol. The number of fused-ring (bicyclic) bond motifs is 1. The van der Waals surface area contributed by atoms with Crippen molar-refractivity contribution in [2.45, 2.75) is 31.7 Å². The minimum Gasteiger partial charge on any atom is -0.396 e. The van der Waals surface area contributed by atoms with Gasteiger partial charge in [-0.15, -0.1) is 11.3 Å². The number of aromatic nitrogens is 1. The van der Waals surface area contributed by atoms with Crippen LogP contribution in [0.2, 0.25) is 0 Å². The number of amides is 1. The Labute approximate surface area is 121 Å². The first-order chi connectivity index (χ1) is 9.76. The maximum atomic E-state index is 12.2. The van der Waals surface area contributed by atoms with Crippen LogP contribution in [0.4, 0.5) is 0 Å². The Morgan fingerprint density at radius 2 is 2.05 bits per heavy atom. The first-order valence-corrected chi connectivity index (χ1v) is 7.85. The zero-order chi connectivity index (χ0) is 13.9. The number of aliphatic hydroxyl groups excluding tert-OH is 1. The SMILES string of the molecule is O=C(NC1CCC(CO)CC1)c1nc2ccccc2s1. The summed E-state index contributed by atoms with van der Waals surface area (Å²) in [4.78, 5) is 16.6. The van der Waals surface area contributed by atoms with Crippen molar-refractivity contribution in [3.8, 4) is 0 Å². The van der Waals surface area contributed by atoms with Crippen molar-refractivity contribution in [3.05, 3.63) is 29.3 Å². The predicted molar refractivity (Wildman–Crippen MR) is 79.9 cm³/mol. The van der Waals surface area contributed by atoms with Crippen LogP contribution in [0.5, 0.6) is 0 Å². The largest absolute Gasteiger partial charge is 0.396 e. The smallest absolute Gasteiger partial charge is 0.280 e. The first-order valence-electron chi connectivity index (χ1n) is 7.03. The monoisotopic (exact) mass is 290 g/mol. The van der Waals surface area contributed by atoms with Crippen molar-refractivity contribution >= 4 is 27.5 Å². The van der Waals surface area contributed by atoms with E-state index in [1.807, 2.05) is 24.3 Å². The highest BCUT2D eigenvalue weighted by atomic mass is 32.1. The van der Waals surface area contributed by atoms with Gasteiger partial charge in [0.15, 0.2) is 5.01 Å². The number of nitrogens with zero attached hydrogens (tertiary/aromatic N) is 1. The van der Waals surface area contributed by atoms with Crippen molar-refractivity contribution < 1.29 is 9.90 Å². The van der Waals surface area contributed by atoms with Gasteiger partial charge in [0, 0.05) is 12.6 Å². The average molecular weight is 290 g/mol. The fourth-order valence-corrected chi connectivity index (χ4v) is 3.57. The molecule has 20 heavy (non-hydrogen) atoms. The minimum absolute atomic E-state index is 0.0707. The van der Waals surface area contributed by atoms with Gasteiger partial charge >= 0.3 is 0 Å². The Bertz CT molecular complexity index is 570. The van der Waals surface area contributed by atoms with Crippen molar-refractivity contribution in [1.29, 1.82) is 0 Å². The molecule has 0 bridgehead atoms. The van der Waals surface area contributed by atoms with Gasteiger partial charge in [-0.2, -0.15) is 0 Å². The van der Waals surface area contributed by atoms with Gasteiger partial charge in [-0.3, -0.25) is 4.79 Å². The molecule has 4 nitrogen and oxygen atoms in total. The molecule has 0 aliphatic heterocycles. The quantitative estimate of drug-likeness (QED) is 0.913. The summed E-state index contributed by atoms with van der Waals surface area (Å²) in [6.45, 7) is 0.262. The molecule has 1 aromatic heterocycles. The van der Waals surface area contributed by atoms with Crippen molar-refractivity contribution in [2.24, 2.45) is 5.92 Å². The molecule has 1 saturated carbocycles. The predicted octanol–water partition coefficient (Wildman–Crippen LogP) is 2.58. The number of carbonyl (C=O) groups is 1. The lowest BCUT2D eigenvalue weighted by Gasteiger charge is -2.27. The Hall–Kier alpha value is -1.46. The van der Waals surface area contributed by atoms with Crippen LogP contribution in [0.25, 0.3) is 10.2 Å². The number of aliphatic hydroxyl groups is 1. The average Bonchev–Trinajstić information content (AvgIpc) is 2.92. The molecule has 0 atom stereocenters. The molecule has 0 saturated heterocycles. The van der Waals surface area contributed by atoms with E-state index in [2.05, 4.69) is 10.3 Å². The highest BCUT2D eigenvalue weighted by molar-refractivity contribution is 7.20. The number of thiazole rings is 1. The first kappa shape index (κ1) is 13.5. The van der Waals surface area contributed by atoms with E-state index in [0.29, 0.717) is 10.9 Å². The molecule has 1 aromatic carbocycles. The van der Waals surface area contributed by atoms with E-state index in [0.717, 1.165) is 35.9 Å². The van der Waals surface area contributed by atoms with Crippen LogP contribution in [0.1, 0.15) is 35.5 Å². The highest BCUT2D eigenvalue weighted by Gasteiger charge is 2.23. The van der Waals surface area contributed by atoms with Crippen molar-refractivity contribution in [3.63, 3.8) is 0 Å². The molecule has 2 aromatic rings. The standard InChI is InChI=1S/C15H18N2O2S/c18-9-10-5-7-11(8-6-10)16-14(19)15-17-12-3-1-2-4-13(12)20-15/h1-4,10-11,18H,5-9H2,(H,16,19). The van der Waals surface area contributed by atoms with Crippen LogP contribution in [0, 0.1) is 5.92 Å². The zero-order valence-electron chi connectivity index (χ0n) is 11.2. The molecule has 1 heterocycles. The summed E-state index contributed by atoms with van der Waals surface area (Å²) in [6, 6.07) is 8.01. The van der Waals surface area contributed by atoms with Gasteiger partial charge in [-0.05, 0) is 43.7 Å². The van der Waals surface area contributed by atoms with Crippen LogP contribution < -0.4 is 5.32 Å². The third-order valence-corrected chi connectivity index (χ3v) is 4.96. The van der Waals surface area contributed by atoms with Gasteiger partial charge in [0.1, 0.15) is 0 Å². The number of hydrogen-bond acceptors (Lipinski definition) is 4. The molecule has 1 amide bonds. The summed E-state index contributed by atoms with van der Waals surface area (Å²) in [7, 11) is 0. The van der Waals surface area contributed by atoms with Gasteiger partial charge in [-0.25, -0.2) is 4.98 Å². The maximum absolute atomic E-state index is 12.2. The molecule has 0 spiro atoms. The third kappa shape index (κ3) is 2.83. The lowest BCUT2D eigenvalue weighted by atomic mass is 9.86. The second-order valence-electron chi connectivity index (χ2n) is 5.36. The van der Waals surface area contributed by atoms with Gasteiger partial charge in [0.05, 0.1) is 10.2 Å². The van der Waals surface area contributed by atoms with E-state index < -0.39 is 0 Å². The van der Waals surface area contributed by atoms with Crippen molar-refractivity contribution in [1.82, 2.24) is 10.3 Å². The van der Waals surface area contributed by atoms with Gasteiger partial charge < -0.3 is 10.4 Å². The van der Waals surface area contributed by atoms with Gasteiger partial charge in [0.25, 0.3) is 5.91 Å². The summed E-state index contributed by atoms with van der Waals surface area (Å²) < 4.78 is 1.04. The number of rotatable bonds is 3. The summed E-state index contributed by atoms with van der Waals surface area (Å²) >= 11 is 1.44. The minimum atomic E-state index is -0.0707. The number of benzene rings is 1. The second kappa shape index (κ2) is 5.89. The Balaban J connectivity index is 1.64. The van der Waals surface area contributed by atoms with E-state index in [4.69, 9.17) is 5.11 Å². The van der Waals surface area contributed by atoms with Crippen LogP contribution >= 0.6 is 11.3 Å². The molecule has 106 valence electrons. The van der Waals surface area contributed by atoms with E-state index in [1.54, 1.807) is 0 Å². The molecule has 0 radical (unpaired) electrons. The van der Waals surface area contributed by atoms with E-state index >= 15 is 0 Å². The fraction of sp³-hybridized carbons (Fsp3) is 0.467. The Kier molecular flexibility index (Phi) is 3.98. The normalized spacial score (nSPS) is 22.9. The molecule has 1 aliphatic rings. The fourth-order valence-electron chi connectivity index (χ4n) is 2.71. The molecule has 5 heteroatoms. The molecule has 3 rings (SSSR count). The van der Waals surface area contributed by atoms with Gasteiger partial charge in [0.2, 0.25) is 0 Å². The third-order valence-electron chi connectivity index (χ3n) is 3.93. The Morgan fingerprint density at radius 3 is 2.75 bits per heavy atom. The summed E-state index contributed by atoms with van der Waals surface area (Å²) in [6.07, 6.45) is 3.87. The summed E-state index contributed by atoms with van der Waals surface area (Å²) in [5.41, 5.74) is 0.881.